The number of carbonyl (C=O) groups excluding carboxylic acids is 1. The molecule has 224 valence electrons. The van der Waals surface area contributed by atoms with Gasteiger partial charge in [0.15, 0.2) is 0 Å². The van der Waals surface area contributed by atoms with E-state index in [1.54, 1.807) is 27.7 Å². The van der Waals surface area contributed by atoms with Crippen LogP contribution in [0.1, 0.15) is 68.0 Å². The van der Waals surface area contributed by atoms with Crippen molar-refractivity contribution >= 4 is 22.4 Å². The van der Waals surface area contributed by atoms with Crippen LogP contribution in [0.2, 0.25) is 0 Å². The predicted octanol–water partition coefficient (Wildman–Crippen LogP) is 7.53. The van der Waals surface area contributed by atoms with Crippen LogP contribution in [0.3, 0.4) is 0 Å². The van der Waals surface area contributed by atoms with Crippen molar-refractivity contribution in [3.05, 3.63) is 76.3 Å². The minimum absolute atomic E-state index is 0.0279. The van der Waals surface area contributed by atoms with E-state index in [-0.39, 0.29) is 27.6 Å². The maximum Gasteiger partial charge on any atom is 0.387 e. The van der Waals surface area contributed by atoms with Crippen LogP contribution >= 0.6 is 11.3 Å². The highest BCUT2D eigenvalue weighted by Gasteiger charge is 2.23. The van der Waals surface area contributed by atoms with Gasteiger partial charge in [0.05, 0.1) is 16.7 Å². The summed E-state index contributed by atoms with van der Waals surface area (Å²) in [5, 5.41) is 21.9. The minimum Gasteiger partial charge on any atom is -0.434 e. The van der Waals surface area contributed by atoms with E-state index in [1.165, 1.54) is 35.7 Å². The number of alkyl halides is 2. The van der Waals surface area contributed by atoms with Gasteiger partial charge in [-0.15, -0.1) is 22.5 Å². The molecule has 0 fully saturated rings. The Labute approximate surface area is 248 Å². The molecule has 42 heavy (non-hydrogen) atoms. The van der Waals surface area contributed by atoms with Gasteiger partial charge >= 0.3 is 6.61 Å². The monoisotopic (exact) mass is 600 g/mol. The molecule has 0 aliphatic rings. The average molecular weight is 601 g/mol. The van der Waals surface area contributed by atoms with E-state index in [0.29, 0.717) is 12.1 Å². The summed E-state index contributed by atoms with van der Waals surface area (Å²) in [6, 6.07) is 5.00. The summed E-state index contributed by atoms with van der Waals surface area (Å²) in [6.45, 7) is 5.50. The van der Waals surface area contributed by atoms with Gasteiger partial charge in [0.2, 0.25) is 5.13 Å². The first-order chi connectivity index (χ1) is 19.9. The van der Waals surface area contributed by atoms with Crippen molar-refractivity contribution < 1.29 is 27.8 Å². The molecule has 0 saturated carbocycles. The van der Waals surface area contributed by atoms with Crippen molar-refractivity contribution in [1.82, 2.24) is 15.2 Å². The third-order valence-electron chi connectivity index (χ3n) is 5.76. The van der Waals surface area contributed by atoms with Gasteiger partial charge in [0, 0.05) is 23.9 Å². The topological polar surface area (TPSA) is 97.2 Å². The Kier molecular flexibility index (Phi) is 13.4. The van der Waals surface area contributed by atoms with E-state index in [1.807, 2.05) is 25.2 Å². The zero-order valence-corrected chi connectivity index (χ0v) is 25.1. The lowest BCUT2D eigenvalue weighted by molar-refractivity contribution is -0.0495. The maximum absolute atomic E-state index is 14.8. The highest BCUT2D eigenvalue weighted by atomic mass is 32.1. The molecule has 0 aliphatic carbocycles. The quantitative estimate of drug-likeness (QED) is 0.127. The summed E-state index contributed by atoms with van der Waals surface area (Å²) in [5.41, 5.74) is 0.210. The van der Waals surface area contributed by atoms with E-state index in [9.17, 15) is 23.1 Å². The number of terminal acetylenes is 1. The molecule has 2 N–H and O–H groups in total. The van der Waals surface area contributed by atoms with E-state index in [2.05, 4.69) is 37.6 Å². The number of allylic oxidation sites excluding steroid dienone is 2. The normalized spacial score (nSPS) is 11.7. The summed E-state index contributed by atoms with van der Waals surface area (Å²) >= 11 is 1.22. The van der Waals surface area contributed by atoms with Crippen LogP contribution in [0, 0.1) is 25.1 Å². The molecular formula is C31H35F3N4O3S. The molecule has 0 radical (unpaired) electrons. The second-order valence-electron chi connectivity index (χ2n) is 9.56. The second-order valence-corrected chi connectivity index (χ2v) is 10.6. The SMILES string of the molecule is C#CC.C/C=C(\C=C/CCCCc1nnc(NC(=O)c2cnc(C)cc2-c2c(F)cccc2OC(F)F)s1)C(C)(C)O. The Balaban J connectivity index is 0.00000197. The average Bonchev–Trinajstić information content (AvgIpc) is 3.34. The fraction of sp³-hybridized carbons (Fsp3) is 0.355. The fourth-order valence-corrected chi connectivity index (χ4v) is 4.66. The van der Waals surface area contributed by atoms with Crippen molar-refractivity contribution in [2.45, 2.75) is 72.5 Å². The number of aryl methyl sites for hydroxylation is 2. The summed E-state index contributed by atoms with van der Waals surface area (Å²) in [6.07, 6.45) is 15.0. The number of carbonyl (C=O) groups is 1. The number of halogens is 3. The number of hydrogen-bond acceptors (Lipinski definition) is 7. The summed E-state index contributed by atoms with van der Waals surface area (Å²) < 4.78 is 45.2. The number of aromatic nitrogens is 3. The van der Waals surface area contributed by atoms with Gasteiger partial charge in [-0.3, -0.25) is 15.1 Å². The van der Waals surface area contributed by atoms with Crippen LogP contribution in [0.25, 0.3) is 11.1 Å². The third-order valence-corrected chi connectivity index (χ3v) is 6.66. The maximum atomic E-state index is 14.8. The number of unbranched alkanes of at least 4 members (excludes halogenated alkanes) is 2. The number of aliphatic hydroxyl groups is 1. The Bertz CT molecular complexity index is 1440. The summed E-state index contributed by atoms with van der Waals surface area (Å²) in [4.78, 5) is 17.2. The molecular weight excluding hydrogens is 565 g/mol. The first-order valence-corrected chi connectivity index (χ1v) is 14.0. The number of rotatable bonds is 12. The molecule has 0 unspecified atom stereocenters. The molecule has 0 spiro atoms. The Morgan fingerprint density at radius 3 is 2.64 bits per heavy atom. The fourth-order valence-electron chi connectivity index (χ4n) is 3.88. The summed E-state index contributed by atoms with van der Waals surface area (Å²) in [7, 11) is 0. The van der Waals surface area contributed by atoms with Crippen molar-refractivity contribution in [2.75, 3.05) is 5.32 Å². The van der Waals surface area contributed by atoms with Crippen LogP contribution in [0.15, 0.2) is 54.3 Å². The minimum atomic E-state index is -3.17. The van der Waals surface area contributed by atoms with Gasteiger partial charge in [-0.05, 0) is 77.7 Å². The van der Waals surface area contributed by atoms with Crippen molar-refractivity contribution in [3.63, 3.8) is 0 Å². The highest BCUT2D eigenvalue weighted by molar-refractivity contribution is 7.15. The Hall–Kier alpha value is -4.01. The molecule has 11 heteroatoms. The Morgan fingerprint density at radius 1 is 1.29 bits per heavy atom. The smallest absolute Gasteiger partial charge is 0.387 e. The van der Waals surface area contributed by atoms with E-state index in [4.69, 9.17) is 0 Å². The standard InChI is InChI=1S/C28H31F3N4O3S.C3H4/c1-5-18(28(3,4)37)11-8-6-7-9-14-23-34-35-27(39-23)33-25(36)20-16-32-17(2)15-19(20)24-21(29)12-10-13-22(24)38-26(30)31;1-3-2/h5,8,10-13,15-16,26,37H,6-7,9,14H2,1-4H3,(H,33,35,36);1H,2H3/b11-8-,18-5+;. The molecule has 3 aromatic rings. The van der Waals surface area contributed by atoms with Gasteiger partial charge in [0.1, 0.15) is 16.6 Å². The molecule has 1 amide bonds. The van der Waals surface area contributed by atoms with Gasteiger partial charge in [-0.1, -0.05) is 35.6 Å². The van der Waals surface area contributed by atoms with Crippen molar-refractivity contribution in [3.8, 4) is 29.2 Å². The van der Waals surface area contributed by atoms with E-state index in [0.717, 1.165) is 35.9 Å². The van der Waals surface area contributed by atoms with Crippen LogP contribution < -0.4 is 10.1 Å². The molecule has 7 nitrogen and oxygen atoms in total. The molecule has 0 atom stereocenters. The van der Waals surface area contributed by atoms with Crippen LogP contribution in [-0.4, -0.2) is 38.4 Å². The zero-order chi connectivity index (χ0) is 31.3. The molecule has 2 aromatic heterocycles. The molecule has 0 bridgehead atoms. The number of pyridine rings is 1. The number of nitrogens with one attached hydrogen (secondary N) is 1. The van der Waals surface area contributed by atoms with Gasteiger partial charge in [-0.2, -0.15) is 8.78 Å². The lowest BCUT2D eigenvalue weighted by atomic mass is 9.97. The lowest BCUT2D eigenvalue weighted by Crippen LogP contribution is -2.20. The number of benzene rings is 1. The molecule has 1 aromatic carbocycles. The van der Waals surface area contributed by atoms with E-state index < -0.39 is 23.9 Å². The molecule has 0 saturated heterocycles. The number of anilines is 1. The number of hydrogen-bond donors (Lipinski definition) is 2. The van der Waals surface area contributed by atoms with Gasteiger partial charge < -0.3 is 9.84 Å². The molecule has 3 rings (SSSR count). The van der Waals surface area contributed by atoms with Crippen molar-refractivity contribution in [1.29, 1.82) is 0 Å². The largest absolute Gasteiger partial charge is 0.434 e. The first-order valence-electron chi connectivity index (χ1n) is 13.2. The number of nitrogens with zero attached hydrogens (tertiary/aromatic N) is 3. The second kappa shape index (κ2) is 16.4. The Morgan fingerprint density at radius 2 is 2.00 bits per heavy atom. The van der Waals surface area contributed by atoms with Crippen LogP contribution in [0.4, 0.5) is 18.3 Å². The zero-order valence-electron chi connectivity index (χ0n) is 24.2. The van der Waals surface area contributed by atoms with Crippen LogP contribution in [-0.2, 0) is 6.42 Å². The number of ether oxygens (including phenoxy) is 1. The lowest BCUT2D eigenvalue weighted by Gasteiger charge is -2.18. The first kappa shape index (κ1) is 34.2. The molecule has 0 aliphatic heterocycles. The highest BCUT2D eigenvalue weighted by Crippen LogP contribution is 2.36. The predicted molar refractivity (Wildman–Crippen MR) is 160 cm³/mol. The molecule has 2 heterocycles. The third kappa shape index (κ3) is 10.4. The summed E-state index contributed by atoms with van der Waals surface area (Å²) in [5.74, 6) is 0.408. The van der Waals surface area contributed by atoms with E-state index >= 15 is 0 Å². The number of amides is 1. The van der Waals surface area contributed by atoms with Crippen LogP contribution in [0.5, 0.6) is 5.75 Å². The van der Waals surface area contributed by atoms with Gasteiger partial charge in [0.25, 0.3) is 5.91 Å². The van der Waals surface area contributed by atoms with Crippen molar-refractivity contribution in [2.24, 2.45) is 0 Å². The van der Waals surface area contributed by atoms with Gasteiger partial charge in [-0.25, -0.2) is 4.39 Å².